The third-order valence-corrected chi connectivity index (χ3v) is 5.83. The van der Waals surface area contributed by atoms with Crippen LogP contribution in [0.4, 0.5) is 0 Å². The summed E-state index contributed by atoms with van der Waals surface area (Å²) in [4.78, 5) is 5.26. The van der Waals surface area contributed by atoms with Gasteiger partial charge in [-0.2, -0.15) is 0 Å². The monoisotopic (exact) mass is 320 g/mol. The molecule has 122 valence electrons. The van der Waals surface area contributed by atoms with E-state index in [1.807, 2.05) is 12.1 Å². The van der Waals surface area contributed by atoms with Crippen LogP contribution in [0.3, 0.4) is 0 Å². The first-order valence-corrected chi connectivity index (χ1v) is 9.25. The Morgan fingerprint density at radius 3 is 2.36 bits per heavy atom. The van der Waals surface area contributed by atoms with Crippen molar-refractivity contribution in [2.45, 2.75) is 44.6 Å². The van der Waals surface area contributed by atoms with Crippen molar-refractivity contribution in [2.75, 3.05) is 33.2 Å². The Morgan fingerprint density at radius 2 is 1.77 bits per heavy atom. The van der Waals surface area contributed by atoms with Gasteiger partial charge in [-0.05, 0) is 75.9 Å². The number of piperidine rings is 1. The summed E-state index contributed by atoms with van der Waals surface area (Å²) in [7, 11) is 2.33. The van der Waals surface area contributed by atoms with Gasteiger partial charge in [0.05, 0.1) is 0 Å². The maximum atomic E-state index is 5.94. The minimum atomic E-state index is 0.833. The number of halogens is 1. The normalized spacial score (nSPS) is 21.2. The third kappa shape index (κ3) is 4.47. The Balaban J connectivity index is 1.35. The molecule has 0 radical (unpaired) electrons. The van der Waals surface area contributed by atoms with Gasteiger partial charge in [0.25, 0.3) is 0 Å². The molecule has 1 aliphatic carbocycles. The standard InChI is InChI=1S/C19H29ClN2/c1-21(19-3-2-4-19)15-17-10-13-22(14-11-17)12-9-16-5-7-18(20)8-6-16/h5-8,17,19H,2-4,9-15H2,1H3. The Morgan fingerprint density at radius 1 is 1.09 bits per heavy atom. The molecule has 1 aromatic rings. The predicted octanol–water partition coefficient (Wildman–Crippen LogP) is 4.08. The summed E-state index contributed by atoms with van der Waals surface area (Å²) in [6.07, 6.45) is 8.18. The van der Waals surface area contributed by atoms with E-state index in [4.69, 9.17) is 11.6 Å². The lowest BCUT2D eigenvalue weighted by atomic mass is 9.89. The van der Waals surface area contributed by atoms with Crippen LogP contribution in [-0.2, 0) is 6.42 Å². The summed E-state index contributed by atoms with van der Waals surface area (Å²) in [6, 6.07) is 9.20. The minimum absolute atomic E-state index is 0.833. The number of hydrogen-bond acceptors (Lipinski definition) is 2. The zero-order valence-electron chi connectivity index (χ0n) is 13.8. The largest absolute Gasteiger partial charge is 0.303 e. The molecule has 0 unspecified atom stereocenters. The van der Waals surface area contributed by atoms with Crippen molar-refractivity contribution in [1.29, 1.82) is 0 Å². The average Bonchev–Trinajstić information content (AvgIpc) is 2.46. The second kappa shape index (κ2) is 7.81. The molecule has 0 N–H and O–H groups in total. The molecule has 3 heteroatoms. The van der Waals surface area contributed by atoms with Crippen LogP contribution in [0.25, 0.3) is 0 Å². The van der Waals surface area contributed by atoms with E-state index in [0.717, 1.165) is 23.4 Å². The highest BCUT2D eigenvalue weighted by Gasteiger charge is 2.26. The van der Waals surface area contributed by atoms with E-state index in [0.29, 0.717) is 0 Å². The molecule has 0 atom stereocenters. The molecule has 2 aliphatic rings. The molecule has 0 aromatic heterocycles. The van der Waals surface area contributed by atoms with Gasteiger partial charge in [-0.1, -0.05) is 30.2 Å². The van der Waals surface area contributed by atoms with Gasteiger partial charge in [0.2, 0.25) is 0 Å². The molecular weight excluding hydrogens is 292 g/mol. The first-order chi connectivity index (χ1) is 10.7. The molecular formula is C19H29ClN2. The van der Waals surface area contributed by atoms with E-state index < -0.39 is 0 Å². The number of likely N-dealkylation sites (tertiary alicyclic amines) is 1. The van der Waals surface area contributed by atoms with Crippen LogP contribution < -0.4 is 0 Å². The van der Waals surface area contributed by atoms with E-state index in [-0.39, 0.29) is 0 Å². The van der Waals surface area contributed by atoms with Crippen molar-refractivity contribution in [3.05, 3.63) is 34.9 Å². The van der Waals surface area contributed by atoms with Crippen LogP contribution in [0.5, 0.6) is 0 Å². The molecule has 1 saturated carbocycles. The second-order valence-corrected chi connectivity index (χ2v) is 7.62. The number of nitrogens with zero attached hydrogens (tertiary/aromatic N) is 2. The molecule has 2 fully saturated rings. The summed E-state index contributed by atoms with van der Waals surface area (Å²) in [6.45, 7) is 5.05. The summed E-state index contributed by atoms with van der Waals surface area (Å²) in [5, 5.41) is 0.833. The molecule has 0 bridgehead atoms. The zero-order chi connectivity index (χ0) is 15.4. The van der Waals surface area contributed by atoms with Gasteiger partial charge in [-0.3, -0.25) is 0 Å². The lowest BCUT2D eigenvalue weighted by Crippen LogP contribution is -2.43. The first-order valence-electron chi connectivity index (χ1n) is 8.88. The zero-order valence-corrected chi connectivity index (χ0v) is 14.6. The van der Waals surface area contributed by atoms with Crippen LogP contribution in [0.1, 0.15) is 37.7 Å². The molecule has 0 spiro atoms. The van der Waals surface area contributed by atoms with Gasteiger partial charge in [-0.15, -0.1) is 0 Å². The molecule has 1 aliphatic heterocycles. The molecule has 22 heavy (non-hydrogen) atoms. The fourth-order valence-corrected chi connectivity index (χ4v) is 3.84. The average molecular weight is 321 g/mol. The van der Waals surface area contributed by atoms with E-state index >= 15 is 0 Å². The van der Waals surface area contributed by atoms with Crippen molar-refractivity contribution in [3.63, 3.8) is 0 Å². The van der Waals surface area contributed by atoms with Crippen molar-refractivity contribution in [2.24, 2.45) is 5.92 Å². The summed E-state index contributed by atoms with van der Waals surface area (Å²) >= 11 is 5.94. The van der Waals surface area contributed by atoms with Crippen molar-refractivity contribution in [1.82, 2.24) is 9.80 Å². The summed E-state index contributed by atoms with van der Waals surface area (Å²) in [5.41, 5.74) is 1.40. The van der Waals surface area contributed by atoms with Crippen molar-refractivity contribution >= 4 is 11.6 Å². The molecule has 0 amide bonds. The fourth-order valence-electron chi connectivity index (χ4n) is 3.71. The fraction of sp³-hybridized carbons (Fsp3) is 0.684. The highest BCUT2D eigenvalue weighted by Crippen LogP contribution is 2.26. The summed E-state index contributed by atoms with van der Waals surface area (Å²) in [5.74, 6) is 0.914. The highest BCUT2D eigenvalue weighted by atomic mass is 35.5. The van der Waals surface area contributed by atoms with E-state index in [2.05, 4.69) is 29.0 Å². The number of hydrogen-bond donors (Lipinski definition) is 0. The van der Waals surface area contributed by atoms with E-state index in [9.17, 15) is 0 Å². The van der Waals surface area contributed by atoms with Crippen molar-refractivity contribution < 1.29 is 0 Å². The van der Waals surface area contributed by atoms with Gasteiger partial charge in [0.1, 0.15) is 0 Å². The maximum absolute atomic E-state index is 5.94. The Hall–Kier alpha value is -0.570. The van der Waals surface area contributed by atoms with Gasteiger partial charge in [0, 0.05) is 24.2 Å². The Labute approximate surface area is 140 Å². The molecule has 3 rings (SSSR count). The number of rotatable bonds is 6. The molecule has 2 nitrogen and oxygen atoms in total. The minimum Gasteiger partial charge on any atom is -0.303 e. The van der Waals surface area contributed by atoms with Gasteiger partial charge >= 0.3 is 0 Å². The maximum Gasteiger partial charge on any atom is 0.0406 e. The topological polar surface area (TPSA) is 6.48 Å². The van der Waals surface area contributed by atoms with Crippen LogP contribution in [0.2, 0.25) is 5.02 Å². The Bertz CT molecular complexity index is 447. The van der Waals surface area contributed by atoms with Crippen LogP contribution >= 0.6 is 11.6 Å². The second-order valence-electron chi connectivity index (χ2n) is 7.19. The quantitative estimate of drug-likeness (QED) is 0.779. The van der Waals surface area contributed by atoms with Crippen LogP contribution in [0.15, 0.2) is 24.3 Å². The predicted molar refractivity (Wildman–Crippen MR) is 94.6 cm³/mol. The lowest BCUT2D eigenvalue weighted by Gasteiger charge is -2.39. The molecule has 1 aromatic carbocycles. The van der Waals surface area contributed by atoms with Crippen LogP contribution in [-0.4, -0.2) is 49.1 Å². The summed E-state index contributed by atoms with van der Waals surface area (Å²) < 4.78 is 0. The van der Waals surface area contributed by atoms with Gasteiger partial charge in [0.15, 0.2) is 0 Å². The van der Waals surface area contributed by atoms with Crippen molar-refractivity contribution in [3.8, 4) is 0 Å². The smallest absolute Gasteiger partial charge is 0.0406 e. The van der Waals surface area contributed by atoms with Gasteiger partial charge < -0.3 is 9.80 Å². The van der Waals surface area contributed by atoms with E-state index in [1.54, 1.807) is 0 Å². The number of benzene rings is 1. The lowest BCUT2D eigenvalue weighted by molar-refractivity contribution is 0.105. The van der Waals surface area contributed by atoms with E-state index in [1.165, 1.54) is 63.8 Å². The van der Waals surface area contributed by atoms with Crippen LogP contribution in [0, 0.1) is 5.92 Å². The molecule has 1 heterocycles. The Kier molecular flexibility index (Phi) is 5.78. The highest BCUT2D eigenvalue weighted by molar-refractivity contribution is 6.30. The first kappa shape index (κ1) is 16.3. The SMILES string of the molecule is CN(CC1CCN(CCc2ccc(Cl)cc2)CC1)C1CCC1. The molecule has 1 saturated heterocycles. The van der Waals surface area contributed by atoms with Gasteiger partial charge in [-0.25, -0.2) is 0 Å². The third-order valence-electron chi connectivity index (χ3n) is 5.58.